The van der Waals surface area contributed by atoms with Crippen LogP contribution in [-0.4, -0.2) is 28.6 Å². The summed E-state index contributed by atoms with van der Waals surface area (Å²) in [5, 5.41) is 12.3. The van der Waals surface area contributed by atoms with Crippen molar-refractivity contribution in [1.82, 2.24) is 10.3 Å². The van der Waals surface area contributed by atoms with Crippen molar-refractivity contribution >= 4 is 5.91 Å². The molecule has 20 heavy (non-hydrogen) atoms. The summed E-state index contributed by atoms with van der Waals surface area (Å²) in [5.74, 6) is 0.142. The van der Waals surface area contributed by atoms with Crippen LogP contribution in [0.4, 0.5) is 0 Å². The minimum absolute atomic E-state index is 0.0903. The molecule has 0 fully saturated rings. The Labute approximate surface area is 117 Å². The smallest absolute Gasteiger partial charge is 0.273 e. The molecule has 0 aliphatic rings. The highest BCUT2D eigenvalue weighted by Gasteiger charge is 2.15. The molecule has 5 heteroatoms. The maximum absolute atomic E-state index is 11.9. The van der Waals surface area contributed by atoms with E-state index in [1.807, 2.05) is 44.2 Å². The second-order valence-corrected chi connectivity index (χ2v) is 4.93. The molecule has 1 aromatic heterocycles. The van der Waals surface area contributed by atoms with Crippen LogP contribution in [0.15, 0.2) is 41.0 Å². The Balaban J connectivity index is 2.00. The van der Waals surface area contributed by atoms with Crippen molar-refractivity contribution in [2.24, 2.45) is 5.92 Å². The standard InChI is InChI=1S/C15H18N2O3/c1-10(2)13(18)8-16-14(19)12-9-20-15(17-12)11-6-4-3-5-7-11/h3-7,9-10,13,18H,8H2,1-2H3,(H,16,19). The van der Waals surface area contributed by atoms with E-state index < -0.39 is 6.10 Å². The van der Waals surface area contributed by atoms with Crippen LogP contribution in [0, 0.1) is 5.92 Å². The summed E-state index contributed by atoms with van der Waals surface area (Å²) in [6, 6.07) is 9.36. The lowest BCUT2D eigenvalue weighted by molar-refractivity contribution is 0.0867. The minimum atomic E-state index is -0.570. The van der Waals surface area contributed by atoms with Gasteiger partial charge in [-0.2, -0.15) is 0 Å². The van der Waals surface area contributed by atoms with Crippen LogP contribution in [0.25, 0.3) is 11.5 Å². The van der Waals surface area contributed by atoms with Gasteiger partial charge in [0, 0.05) is 12.1 Å². The lowest BCUT2D eigenvalue weighted by Gasteiger charge is -2.14. The number of benzene rings is 1. The first kappa shape index (κ1) is 14.3. The fraction of sp³-hybridized carbons (Fsp3) is 0.333. The van der Waals surface area contributed by atoms with Crippen LogP contribution in [0.5, 0.6) is 0 Å². The highest BCUT2D eigenvalue weighted by molar-refractivity contribution is 5.92. The maximum Gasteiger partial charge on any atom is 0.273 e. The molecule has 0 aliphatic heterocycles. The summed E-state index contributed by atoms with van der Waals surface area (Å²) in [6.45, 7) is 3.98. The normalized spacial score (nSPS) is 12.4. The second kappa shape index (κ2) is 6.34. The lowest BCUT2D eigenvalue weighted by atomic mass is 10.1. The van der Waals surface area contributed by atoms with Gasteiger partial charge in [0.2, 0.25) is 5.89 Å². The number of aliphatic hydroxyl groups is 1. The van der Waals surface area contributed by atoms with E-state index in [4.69, 9.17) is 4.42 Å². The van der Waals surface area contributed by atoms with Gasteiger partial charge in [0.05, 0.1) is 6.10 Å². The van der Waals surface area contributed by atoms with Gasteiger partial charge in [-0.1, -0.05) is 32.0 Å². The first-order valence-corrected chi connectivity index (χ1v) is 6.55. The average molecular weight is 274 g/mol. The summed E-state index contributed by atoms with van der Waals surface area (Å²) in [7, 11) is 0. The van der Waals surface area contributed by atoms with Crippen LogP contribution in [0.3, 0.4) is 0 Å². The summed E-state index contributed by atoms with van der Waals surface area (Å²) in [6.07, 6.45) is 0.749. The maximum atomic E-state index is 11.9. The minimum Gasteiger partial charge on any atom is -0.444 e. The zero-order valence-corrected chi connectivity index (χ0v) is 11.5. The Morgan fingerprint density at radius 1 is 1.35 bits per heavy atom. The van der Waals surface area contributed by atoms with E-state index in [1.54, 1.807) is 0 Å². The SMILES string of the molecule is CC(C)C(O)CNC(=O)c1coc(-c2ccccc2)n1. The molecule has 0 saturated carbocycles. The van der Waals surface area contributed by atoms with Crippen LogP contribution >= 0.6 is 0 Å². The van der Waals surface area contributed by atoms with Crippen molar-refractivity contribution < 1.29 is 14.3 Å². The Hall–Kier alpha value is -2.14. The van der Waals surface area contributed by atoms with Crippen LogP contribution in [0.2, 0.25) is 0 Å². The van der Waals surface area contributed by atoms with Crippen molar-refractivity contribution in [2.75, 3.05) is 6.54 Å². The Morgan fingerprint density at radius 3 is 2.70 bits per heavy atom. The van der Waals surface area contributed by atoms with E-state index in [0.29, 0.717) is 5.89 Å². The molecule has 5 nitrogen and oxygen atoms in total. The van der Waals surface area contributed by atoms with E-state index in [0.717, 1.165) is 5.56 Å². The molecule has 106 valence electrons. The van der Waals surface area contributed by atoms with Gasteiger partial charge in [-0.05, 0) is 18.1 Å². The number of rotatable bonds is 5. The highest BCUT2D eigenvalue weighted by atomic mass is 16.3. The second-order valence-electron chi connectivity index (χ2n) is 4.93. The fourth-order valence-corrected chi connectivity index (χ4v) is 1.61. The molecular formula is C15H18N2O3. The third-order valence-corrected chi connectivity index (χ3v) is 3.00. The molecule has 0 aliphatic carbocycles. The molecular weight excluding hydrogens is 256 g/mol. The van der Waals surface area contributed by atoms with E-state index in [1.165, 1.54) is 6.26 Å². The van der Waals surface area contributed by atoms with Crippen molar-refractivity contribution in [3.05, 3.63) is 42.3 Å². The predicted octanol–water partition coefficient (Wildman–Crippen LogP) is 2.09. The number of hydrogen-bond acceptors (Lipinski definition) is 4. The quantitative estimate of drug-likeness (QED) is 0.875. The van der Waals surface area contributed by atoms with Gasteiger partial charge in [0.15, 0.2) is 5.69 Å². The van der Waals surface area contributed by atoms with Gasteiger partial charge in [0.1, 0.15) is 6.26 Å². The molecule has 0 spiro atoms. The molecule has 1 atom stereocenters. The molecule has 0 bridgehead atoms. The zero-order chi connectivity index (χ0) is 14.5. The zero-order valence-electron chi connectivity index (χ0n) is 11.5. The number of carbonyl (C=O) groups excluding carboxylic acids is 1. The van der Waals surface area contributed by atoms with Crippen LogP contribution in [-0.2, 0) is 0 Å². The number of nitrogens with zero attached hydrogens (tertiary/aromatic N) is 1. The monoisotopic (exact) mass is 274 g/mol. The Bertz CT molecular complexity index is 564. The van der Waals surface area contributed by atoms with E-state index in [-0.39, 0.29) is 24.1 Å². The third kappa shape index (κ3) is 3.45. The number of nitrogens with one attached hydrogen (secondary N) is 1. The first-order chi connectivity index (χ1) is 9.58. The number of oxazole rings is 1. The third-order valence-electron chi connectivity index (χ3n) is 3.00. The average Bonchev–Trinajstić information content (AvgIpc) is 2.95. The van der Waals surface area contributed by atoms with E-state index in [9.17, 15) is 9.90 Å². The molecule has 1 unspecified atom stereocenters. The van der Waals surface area contributed by atoms with E-state index >= 15 is 0 Å². The fourth-order valence-electron chi connectivity index (χ4n) is 1.61. The lowest BCUT2D eigenvalue weighted by Crippen LogP contribution is -2.34. The predicted molar refractivity (Wildman–Crippen MR) is 75.1 cm³/mol. The van der Waals surface area contributed by atoms with Gasteiger partial charge in [0.25, 0.3) is 5.91 Å². The molecule has 2 aromatic rings. The number of aromatic nitrogens is 1. The van der Waals surface area contributed by atoms with Crippen molar-refractivity contribution in [3.63, 3.8) is 0 Å². The number of carbonyl (C=O) groups is 1. The van der Waals surface area contributed by atoms with Crippen LogP contribution in [0.1, 0.15) is 24.3 Å². The van der Waals surface area contributed by atoms with Gasteiger partial charge in [-0.3, -0.25) is 4.79 Å². The number of hydrogen-bond donors (Lipinski definition) is 2. The topological polar surface area (TPSA) is 75.4 Å². The first-order valence-electron chi connectivity index (χ1n) is 6.55. The molecule has 0 saturated heterocycles. The summed E-state index contributed by atoms with van der Waals surface area (Å²) in [4.78, 5) is 16.0. The van der Waals surface area contributed by atoms with Crippen LogP contribution < -0.4 is 5.32 Å². The van der Waals surface area contributed by atoms with Gasteiger partial charge >= 0.3 is 0 Å². The summed E-state index contributed by atoms with van der Waals surface area (Å²) >= 11 is 0. The van der Waals surface area contributed by atoms with Crippen molar-refractivity contribution in [2.45, 2.75) is 20.0 Å². The number of aliphatic hydroxyl groups excluding tert-OH is 1. The molecule has 1 aromatic carbocycles. The number of amides is 1. The summed E-state index contributed by atoms with van der Waals surface area (Å²) < 4.78 is 5.29. The van der Waals surface area contributed by atoms with Gasteiger partial charge < -0.3 is 14.8 Å². The van der Waals surface area contributed by atoms with E-state index in [2.05, 4.69) is 10.3 Å². The molecule has 2 N–H and O–H groups in total. The van der Waals surface area contributed by atoms with Gasteiger partial charge in [-0.15, -0.1) is 0 Å². The molecule has 1 heterocycles. The summed E-state index contributed by atoms with van der Waals surface area (Å²) in [5.41, 5.74) is 1.02. The molecule has 2 rings (SSSR count). The molecule has 0 radical (unpaired) electrons. The molecule has 1 amide bonds. The largest absolute Gasteiger partial charge is 0.444 e. The highest BCUT2D eigenvalue weighted by Crippen LogP contribution is 2.17. The van der Waals surface area contributed by atoms with Crippen molar-refractivity contribution in [1.29, 1.82) is 0 Å². The Kier molecular flexibility index (Phi) is 4.53. The Morgan fingerprint density at radius 2 is 2.05 bits per heavy atom. The van der Waals surface area contributed by atoms with Crippen molar-refractivity contribution in [3.8, 4) is 11.5 Å². The van der Waals surface area contributed by atoms with Gasteiger partial charge in [-0.25, -0.2) is 4.98 Å².